The van der Waals surface area contributed by atoms with Crippen molar-refractivity contribution in [3.05, 3.63) is 47.9 Å². The molecule has 1 aromatic heterocycles. The minimum atomic E-state index is -4.51. The van der Waals surface area contributed by atoms with E-state index in [1.54, 1.807) is 7.05 Å². The molecule has 0 aliphatic carbocycles. The van der Waals surface area contributed by atoms with E-state index < -0.39 is 17.6 Å². The van der Waals surface area contributed by atoms with E-state index in [1.165, 1.54) is 12.1 Å². The summed E-state index contributed by atoms with van der Waals surface area (Å²) in [4.78, 5) is 15.2. The number of aromatic nitrogens is 1. The van der Waals surface area contributed by atoms with Gasteiger partial charge < -0.3 is 15.4 Å². The molecule has 0 aliphatic rings. The Morgan fingerprint density at radius 3 is 2.58 bits per heavy atom. The average molecular weight is 371 g/mol. The molecule has 0 bridgehead atoms. The molecule has 140 valence electrons. The van der Waals surface area contributed by atoms with Crippen molar-refractivity contribution in [2.45, 2.75) is 19.0 Å². The number of nitrogens with zero attached hydrogens (tertiary/aromatic N) is 1. The third-order valence-corrected chi connectivity index (χ3v) is 3.32. The maximum atomic E-state index is 14.1. The number of benzene rings is 1. The first-order chi connectivity index (χ1) is 12.3. The van der Waals surface area contributed by atoms with Crippen molar-refractivity contribution in [1.29, 1.82) is 0 Å². The zero-order valence-corrected chi connectivity index (χ0v) is 13.9. The highest BCUT2D eigenvalue weighted by Crippen LogP contribution is 2.31. The number of anilines is 1. The summed E-state index contributed by atoms with van der Waals surface area (Å²) in [5.41, 5.74) is -0.675. The topological polar surface area (TPSA) is 63.2 Å². The largest absolute Gasteiger partial charge is 0.436 e. The van der Waals surface area contributed by atoms with Crippen LogP contribution in [0.25, 0.3) is 0 Å². The van der Waals surface area contributed by atoms with Crippen molar-refractivity contribution in [3.8, 4) is 11.6 Å². The monoisotopic (exact) mass is 371 g/mol. The molecule has 0 unspecified atom stereocenters. The number of carbonyl (C=O) groups excluding carboxylic acids is 1. The minimum Gasteiger partial charge on any atom is -0.436 e. The van der Waals surface area contributed by atoms with E-state index in [0.29, 0.717) is 19.2 Å². The third kappa shape index (κ3) is 5.69. The molecule has 1 amide bonds. The van der Waals surface area contributed by atoms with Crippen LogP contribution >= 0.6 is 0 Å². The lowest BCUT2D eigenvalue weighted by Crippen LogP contribution is -2.15. The molecule has 0 saturated carbocycles. The van der Waals surface area contributed by atoms with E-state index in [2.05, 4.69) is 15.6 Å². The minimum absolute atomic E-state index is 0.180. The van der Waals surface area contributed by atoms with Gasteiger partial charge in [0.05, 0.1) is 5.56 Å². The van der Waals surface area contributed by atoms with Gasteiger partial charge in [-0.1, -0.05) is 0 Å². The van der Waals surface area contributed by atoms with Gasteiger partial charge in [0.15, 0.2) is 11.6 Å². The summed E-state index contributed by atoms with van der Waals surface area (Å²) in [5.74, 6) is -1.43. The fourth-order valence-corrected chi connectivity index (χ4v) is 2.03. The SMILES string of the molecule is CNCCCC(=O)Nc1ccc(Oc2ccc(C(F)(F)F)cn2)c(F)c1. The van der Waals surface area contributed by atoms with E-state index in [4.69, 9.17) is 4.74 Å². The summed E-state index contributed by atoms with van der Waals surface area (Å²) in [6, 6.07) is 5.55. The van der Waals surface area contributed by atoms with Crippen LogP contribution in [0.2, 0.25) is 0 Å². The summed E-state index contributed by atoms with van der Waals surface area (Å²) in [7, 11) is 1.78. The Hall–Kier alpha value is -2.68. The van der Waals surface area contributed by atoms with Crippen LogP contribution < -0.4 is 15.4 Å². The van der Waals surface area contributed by atoms with Gasteiger partial charge in [0, 0.05) is 30.4 Å². The Morgan fingerprint density at radius 1 is 1.23 bits per heavy atom. The van der Waals surface area contributed by atoms with Gasteiger partial charge in [-0.3, -0.25) is 4.79 Å². The van der Waals surface area contributed by atoms with Crippen LogP contribution in [0.5, 0.6) is 11.6 Å². The van der Waals surface area contributed by atoms with Crippen molar-refractivity contribution in [2.75, 3.05) is 18.9 Å². The molecule has 0 fully saturated rings. The summed E-state index contributed by atoms with van der Waals surface area (Å²) in [5, 5.41) is 5.47. The summed E-state index contributed by atoms with van der Waals surface area (Å²) in [6.45, 7) is 0.689. The van der Waals surface area contributed by atoms with Gasteiger partial charge in [-0.15, -0.1) is 0 Å². The van der Waals surface area contributed by atoms with Gasteiger partial charge in [0.1, 0.15) is 0 Å². The van der Waals surface area contributed by atoms with Crippen LogP contribution in [-0.4, -0.2) is 24.5 Å². The van der Waals surface area contributed by atoms with Gasteiger partial charge in [-0.25, -0.2) is 9.37 Å². The van der Waals surface area contributed by atoms with E-state index >= 15 is 0 Å². The number of alkyl halides is 3. The molecule has 0 aliphatic heterocycles. The zero-order valence-electron chi connectivity index (χ0n) is 13.9. The predicted molar refractivity (Wildman–Crippen MR) is 87.5 cm³/mol. The van der Waals surface area contributed by atoms with Crippen molar-refractivity contribution < 1.29 is 27.1 Å². The van der Waals surface area contributed by atoms with Crippen LogP contribution in [0.3, 0.4) is 0 Å². The molecule has 26 heavy (non-hydrogen) atoms. The fourth-order valence-electron chi connectivity index (χ4n) is 2.03. The molecule has 9 heteroatoms. The second-order valence-corrected chi connectivity index (χ2v) is 5.39. The third-order valence-electron chi connectivity index (χ3n) is 3.32. The summed E-state index contributed by atoms with van der Waals surface area (Å²) >= 11 is 0. The first kappa shape index (κ1) is 19.6. The van der Waals surface area contributed by atoms with Gasteiger partial charge in [-0.05, 0) is 38.2 Å². The lowest BCUT2D eigenvalue weighted by molar-refractivity contribution is -0.137. The number of hydrogen-bond acceptors (Lipinski definition) is 4. The predicted octanol–water partition coefficient (Wildman–Crippen LogP) is 3.97. The Morgan fingerprint density at radius 2 is 2.00 bits per heavy atom. The smallest absolute Gasteiger partial charge is 0.417 e. The van der Waals surface area contributed by atoms with Crippen LogP contribution in [0, 0.1) is 5.82 Å². The molecule has 5 nitrogen and oxygen atoms in total. The van der Waals surface area contributed by atoms with Gasteiger partial charge in [-0.2, -0.15) is 13.2 Å². The van der Waals surface area contributed by atoms with E-state index in [1.807, 2.05) is 0 Å². The lowest BCUT2D eigenvalue weighted by Gasteiger charge is -2.10. The molecule has 2 rings (SSSR count). The fraction of sp³-hybridized carbons (Fsp3) is 0.294. The van der Waals surface area contributed by atoms with Crippen molar-refractivity contribution in [2.24, 2.45) is 0 Å². The highest BCUT2D eigenvalue weighted by molar-refractivity contribution is 5.90. The average Bonchev–Trinajstić information content (AvgIpc) is 2.57. The number of amides is 1. The Bertz CT molecular complexity index is 749. The maximum absolute atomic E-state index is 14.1. The lowest BCUT2D eigenvalue weighted by atomic mass is 10.2. The molecular formula is C17H17F4N3O2. The van der Waals surface area contributed by atoms with E-state index in [-0.39, 0.29) is 29.6 Å². The molecular weight excluding hydrogens is 354 g/mol. The van der Waals surface area contributed by atoms with Crippen molar-refractivity contribution in [3.63, 3.8) is 0 Å². The Balaban J connectivity index is 2.00. The molecule has 1 heterocycles. The second kappa shape index (κ2) is 8.61. The van der Waals surface area contributed by atoms with Gasteiger partial charge >= 0.3 is 6.18 Å². The number of pyridine rings is 1. The molecule has 0 spiro atoms. The normalized spacial score (nSPS) is 11.3. The van der Waals surface area contributed by atoms with Gasteiger partial charge in [0.2, 0.25) is 11.8 Å². The second-order valence-electron chi connectivity index (χ2n) is 5.39. The first-order valence-corrected chi connectivity index (χ1v) is 7.74. The molecule has 2 aromatic rings. The highest BCUT2D eigenvalue weighted by Gasteiger charge is 2.30. The maximum Gasteiger partial charge on any atom is 0.417 e. The Labute approximate surface area is 147 Å². The molecule has 1 aromatic carbocycles. The van der Waals surface area contributed by atoms with E-state index in [0.717, 1.165) is 18.2 Å². The first-order valence-electron chi connectivity index (χ1n) is 7.74. The highest BCUT2D eigenvalue weighted by atomic mass is 19.4. The zero-order chi connectivity index (χ0) is 19.2. The Kier molecular flexibility index (Phi) is 6.51. The van der Waals surface area contributed by atoms with Crippen LogP contribution in [0.1, 0.15) is 18.4 Å². The number of carbonyl (C=O) groups is 1. The van der Waals surface area contributed by atoms with Crippen molar-refractivity contribution in [1.82, 2.24) is 10.3 Å². The quantitative estimate of drug-likeness (QED) is 0.571. The van der Waals surface area contributed by atoms with Crippen LogP contribution in [0.15, 0.2) is 36.5 Å². The summed E-state index contributed by atoms with van der Waals surface area (Å²) in [6.07, 6.45) is -2.97. The summed E-state index contributed by atoms with van der Waals surface area (Å²) < 4.78 is 56.6. The van der Waals surface area contributed by atoms with Crippen molar-refractivity contribution >= 4 is 11.6 Å². The number of hydrogen-bond donors (Lipinski definition) is 2. The van der Waals surface area contributed by atoms with Crippen LogP contribution in [-0.2, 0) is 11.0 Å². The van der Waals surface area contributed by atoms with E-state index in [9.17, 15) is 22.4 Å². The molecule has 0 saturated heterocycles. The van der Waals surface area contributed by atoms with Crippen LogP contribution in [0.4, 0.5) is 23.2 Å². The van der Waals surface area contributed by atoms with Gasteiger partial charge in [0.25, 0.3) is 0 Å². The molecule has 2 N–H and O–H groups in total. The number of rotatable bonds is 7. The molecule has 0 radical (unpaired) electrons. The standard InChI is InChI=1S/C17H17F4N3O2/c1-22-8-2-3-15(25)24-12-5-6-14(13(18)9-12)26-16-7-4-11(10-23-16)17(19,20)21/h4-7,9-10,22H,2-3,8H2,1H3,(H,24,25). The molecule has 0 atom stereocenters. The number of ether oxygens (including phenoxy) is 1. The number of nitrogens with one attached hydrogen (secondary N) is 2. The number of halogens is 4.